The number of rotatable bonds is 3. The number of hydrogen-bond donors (Lipinski definition) is 1. The van der Waals surface area contributed by atoms with Crippen molar-refractivity contribution in [2.24, 2.45) is 17.8 Å². The number of carbonyl (C=O) groups excluding carboxylic acids is 1. The number of carbonyl (C=O) groups is 2. The van der Waals surface area contributed by atoms with Crippen molar-refractivity contribution in [3.05, 3.63) is 0 Å². The van der Waals surface area contributed by atoms with Crippen LogP contribution in [-0.4, -0.2) is 35.0 Å². The van der Waals surface area contributed by atoms with E-state index in [1.807, 2.05) is 11.9 Å². The van der Waals surface area contributed by atoms with Crippen LogP contribution in [0.1, 0.15) is 58.3 Å². The SMILES string of the molecule is CC1CC(C(=O)O)C(C(=O)N(C)C2CCCCCC2)C1. The van der Waals surface area contributed by atoms with E-state index in [-0.39, 0.29) is 11.8 Å². The van der Waals surface area contributed by atoms with Crippen molar-refractivity contribution in [3.8, 4) is 0 Å². The minimum Gasteiger partial charge on any atom is -0.481 e. The van der Waals surface area contributed by atoms with Crippen molar-refractivity contribution in [2.45, 2.75) is 64.3 Å². The molecule has 2 aliphatic rings. The fourth-order valence-corrected chi connectivity index (χ4v) is 3.92. The molecule has 114 valence electrons. The van der Waals surface area contributed by atoms with Gasteiger partial charge in [0, 0.05) is 13.1 Å². The average molecular weight is 281 g/mol. The highest BCUT2D eigenvalue weighted by Gasteiger charge is 2.43. The molecule has 4 heteroatoms. The van der Waals surface area contributed by atoms with Gasteiger partial charge >= 0.3 is 5.97 Å². The molecule has 2 fully saturated rings. The highest BCUT2D eigenvalue weighted by molar-refractivity contribution is 5.85. The average Bonchev–Trinajstić information content (AvgIpc) is 2.64. The lowest BCUT2D eigenvalue weighted by Crippen LogP contribution is -2.42. The molecule has 0 saturated heterocycles. The third-order valence-corrected chi connectivity index (χ3v) is 5.15. The van der Waals surface area contributed by atoms with E-state index in [4.69, 9.17) is 0 Å². The second-order valence-electron chi connectivity index (χ2n) is 6.72. The molecule has 0 radical (unpaired) electrons. The molecular formula is C16H27NO3. The van der Waals surface area contributed by atoms with Gasteiger partial charge in [0.15, 0.2) is 0 Å². The predicted molar refractivity (Wildman–Crippen MR) is 77.3 cm³/mol. The highest BCUT2D eigenvalue weighted by Crippen LogP contribution is 2.38. The van der Waals surface area contributed by atoms with E-state index in [1.165, 1.54) is 25.7 Å². The van der Waals surface area contributed by atoms with Crippen LogP contribution in [0.3, 0.4) is 0 Å². The second kappa shape index (κ2) is 6.59. The first kappa shape index (κ1) is 15.3. The van der Waals surface area contributed by atoms with Crippen LogP contribution in [0.25, 0.3) is 0 Å². The van der Waals surface area contributed by atoms with Crippen LogP contribution < -0.4 is 0 Å². The van der Waals surface area contributed by atoms with Crippen molar-refractivity contribution < 1.29 is 14.7 Å². The lowest BCUT2D eigenvalue weighted by molar-refractivity contribution is -0.149. The minimum atomic E-state index is -0.804. The fourth-order valence-electron chi connectivity index (χ4n) is 3.92. The molecule has 4 nitrogen and oxygen atoms in total. The Balaban J connectivity index is 2.03. The summed E-state index contributed by atoms with van der Waals surface area (Å²) in [5.41, 5.74) is 0. The Kier molecular flexibility index (Phi) is 5.06. The number of amides is 1. The normalized spacial score (nSPS) is 31.8. The van der Waals surface area contributed by atoms with Crippen LogP contribution in [0.2, 0.25) is 0 Å². The monoisotopic (exact) mass is 281 g/mol. The summed E-state index contributed by atoms with van der Waals surface area (Å²) in [6.45, 7) is 2.05. The third kappa shape index (κ3) is 3.33. The summed E-state index contributed by atoms with van der Waals surface area (Å²) in [5, 5.41) is 9.32. The molecule has 2 saturated carbocycles. The maximum absolute atomic E-state index is 12.7. The molecule has 3 unspecified atom stereocenters. The van der Waals surface area contributed by atoms with E-state index in [1.54, 1.807) is 0 Å². The van der Waals surface area contributed by atoms with Crippen molar-refractivity contribution in [2.75, 3.05) is 7.05 Å². The van der Waals surface area contributed by atoms with Gasteiger partial charge in [0.05, 0.1) is 11.8 Å². The molecule has 0 aliphatic heterocycles. The van der Waals surface area contributed by atoms with Gasteiger partial charge in [-0.2, -0.15) is 0 Å². The zero-order valence-corrected chi connectivity index (χ0v) is 12.7. The van der Waals surface area contributed by atoms with Crippen LogP contribution in [0.15, 0.2) is 0 Å². The van der Waals surface area contributed by atoms with E-state index < -0.39 is 11.9 Å². The highest BCUT2D eigenvalue weighted by atomic mass is 16.4. The van der Waals surface area contributed by atoms with Crippen LogP contribution in [0, 0.1) is 17.8 Å². The van der Waals surface area contributed by atoms with Crippen LogP contribution in [0.4, 0.5) is 0 Å². The molecule has 0 aromatic carbocycles. The molecular weight excluding hydrogens is 254 g/mol. The van der Waals surface area contributed by atoms with Gasteiger partial charge in [0.1, 0.15) is 0 Å². The Morgan fingerprint density at radius 3 is 2.10 bits per heavy atom. The Bertz CT molecular complexity index is 361. The first-order valence-corrected chi connectivity index (χ1v) is 8.00. The molecule has 0 spiro atoms. The van der Waals surface area contributed by atoms with Gasteiger partial charge < -0.3 is 10.0 Å². The summed E-state index contributed by atoms with van der Waals surface area (Å²) in [6.07, 6.45) is 8.41. The van der Waals surface area contributed by atoms with E-state index >= 15 is 0 Å². The summed E-state index contributed by atoms with van der Waals surface area (Å²) >= 11 is 0. The van der Waals surface area contributed by atoms with Crippen LogP contribution >= 0.6 is 0 Å². The van der Waals surface area contributed by atoms with Crippen molar-refractivity contribution in [1.29, 1.82) is 0 Å². The summed E-state index contributed by atoms with van der Waals surface area (Å²) in [7, 11) is 1.88. The molecule has 0 bridgehead atoms. The molecule has 2 aliphatic carbocycles. The van der Waals surface area contributed by atoms with Crippen molar-refractivity contribution >= 4 is 11.9 Å². The number of nitrogens with zero attached hydrogens (tertiary/aromatic N) is 1. The van der Waals surface area contributed by atoms with E-state index in [0.717, 1.165) is 19.3 Å². The number of aliphatic carboxylic acids is 1. The summed E-state index contributed by atoms with van der Waals surface area (Å²) < 4.78 is 0. The van der Waals surface area contributed by atoms with Crippen molar-refractivity contribution in [1.82, 2.24) is 4.90 Å². The van der Waals surface area contributed by atoms with Gasteiger partial charge in [-0.05, 0) is 31.6 Å². The summed E-state index contributed by atoms with van der Waals surface area (Å²) in [5.74, 6) is -1.19. The third-order valence-electron chi connectivity index (χ3n) is 5.15. The molecule has 3 atom stereocenters. The molecule has 0 heterocycles. The quantitative estimate of drug-likeness (QED) is 0.809. The second-order valence-corrected chi connectivity index (χ2v) is 6.72. The van der Waals surface area contributed by atoms with Gasteiger partial charge in [-0.1, -0.05) is 32.6 Å². The number of carboxylic acids is 1. The maximum atomic E-state index is 12.7. The minimum absolute atomic E-state index is 0.0636. The molecule has 1 amide bonds. The molecule has 20 heavy (non-hydrogen) atoms. The van der Waals surface area contributed by atoms with Crippen LogP contribution in [0.5, 0.6) is 0 Å². The topological polar surface area (TPSA) is 57.6 Å². The Labute approximate surface area is 121 Å². The lowest BCUT2D eigenvalue weighted by atomic mass is 9.93. The van der Waals surface area contributed by atoms with Crippen molar-refractivity contribution in [3.63, 3.8) is 0 Å². The Hall–Kier alpha value is -1.06. The smallest absolute Gasteiger partial charge is 0.307 e. The Morgan fingerprint density at radius 2 is 1.55 bits per heavy atom. The lowest BCUT2D eigenvalue weighted by Gasteiger charge is -2.30. The van der Waals surface area contributed by atoms with Gasteiger partial charge in [-0.15, -0.1) is 0 Å². The van der Waals surface area contributed by atoms with Gasteiger partial charge in [0.25, 0.3) is 0 Å². The fraction of sp³-hybridized carbons (Fsp3) is 0.875. The van der Waals surface area contributed by atoms with Gasteiger partial charge in [-0.25, -0.2) is 0 Å². The molecule has 0 aromatic rings. The summed E-state index contributed by atoms with van der Waals surface area (Å²) in [6, 6.07) is 0.315. The standard InChI is InChI=1S/C16H27NO3/c1-11-9-13(14(10-11)16(19)20)15(18)17(2)12-7-5-3-4-6-8-12/h11-14H,3-10H2,1-2H3,(H,19,20). The zero-order chi connectivity index (χ0) is 14.7. The molecule has 1 N–H and O–H groups in total. The predicted octanol–water partition coefficient (Wildman–Crippen LogP) is 2.91. The van der Waals surface area contributed by atoms with E-state index in [2.05, 4.69) is 6.92 Å². The molecule has 2 rings (SSSR count). The van der Waals surface area contributed by atoms with E-state index in [0.29, 0.717) is 18.4 Å². The number of carboxylic acid groups (broad SMARTS) is 1. The zero-order valence-electron chi connectivity index (χ0n) is 12.7. The molecule has 0 aromatic heterocycles. The first-order valence-electron chi connectivity index (χ1n) is 8.00. The van der Waals surface area contributed by atoms with Crippen LogP contribution in [-0.2, 0) is 9.59 Å². The van der Waals surface area contributed by atoms with Gasteiger partial charge in [0.2, 0.25) is 5.91 Å². The maximum Gasteiger partial charge on any atom is 0.307 e. The largest absolute Gasteiger partial charge is 0.481 e. The van der Waals surface area contributed by atoms with Gasteiger partial charge in [-0.3, -0.25) is 9.59 Å². The number of hydrogen-bond acceptors (Lipinski definition) is 2. The van der Waals surface area contributed by atoms with E-state index in [9.17, 15) is 14.7 Å². The Morgan fingerprint density at radius 1 is 1.00 bits per heavy atom. The first-order chi connectivity index (χ1) is 9.50. The summed E-state index contributed by atoms with van der Waals surface area (Å²) in [4.78, 5) is 25.9.